The van der Waals surface area contributed by atoms with Crippen molar-refractivity contribution in [2.24, 2.45) is 12.1 Å². The Morgan fingerprint density at radius 2 is 2.03 bits per heavy atom. The Hall–Kier alpha value is -3.73. The maximum Gasteiger partial charge on any atom is 0.270 e. The first-order valence-electron chi connectivity index (χ1n) is 8.30. The second-order valence-electron chi connectivity index (χ2n) is 5.79. The fraction of sp³-hybridized carbons (Fsp3) is 0.111. The molecule has 0 aliphatic rings. The number of hydrazone groups is 1. The van der Waals surface area contributed by atoms with Crippen LogP contribution in [0.1, 0.15) is 5.56 Å². The number of hydrogen-bond acceptors (Lipinski definition) is 8. The van der Waals surface area contributed by atoms with E-state index in [2.05, 4.69) is 20.7 Å². The summed E-state index contributed by atoms with van der Waals surface area (Å²) in [7, 11) is 1.80. The van der Waals surface area contributed by atoms with Crippen LogP contribution in [0.4, 0.5) is 5.69 Å². The van der Waals surface area contributed by atoms with Crippen LogP contribution in [0.2, 0.25) is 0 Å². The summed E-state index contributed by atoms with van der Waals surface area (Å²) in [5, 5.41) is 34.9. The van der Waals surface area contributed by atoms with Crippen molar-refractivity contribution < 1.29 is 14.8 Å². The first kappa shape index (κ1) is 20.0. The molecular weight excluding hydrogens is 396 g/mol. The van der Waals surface area contributed by atoms with Crippen molar-refractivity contribution in [3.63, 3.8) is 0 Å². The number of benzene rings is 2. The number of nitro groups is 1. The van der Waals surface area contributed by atoms with Crippen molar-refractivity contribution in [1.29, 1.82) is 0 Å². The van der Waals surface area contributed by atoms with Crippen LogP contribution >= 0.6 is 11.8 Å². The predicted octanol–water partition coefficient (Wildman–Crippen LogP) is 1.71. The summed E-state index contributed by atoms with van der Waals surface area (Å²) in [5.74, 6) is -0.152. The minimum atomic E-state index is -0.614. The van der Waals surface area contributed by atoms with E-state index in [4.69, 9.17) is 0 Å². The molecule has 3 aromatic rings. The summed E-state index contributed by atoms with van der Waals surface area (Å²) in [5.41, 5.74) is 2.97. The molecule has 1 N–H and O–H groups in total. The Balaban J connectivity index is 1.57. The molecule has 0 aliphatic heterocycles. The highest BCUT2D eigenvalue weighted by Crippen LogP contribution is 2.22. The molecule has 0 unspecified atom stereocenters. The number of nitro benzene ring substituents is 1. The van der Waals surface area contributed by atoms with Crippen LogP contribution in [0.3, 0.4) is 0 Å². The standard InChI is InChI=1S/C18H16N6O4S/c1-23-17(12-5-3-2-4-6-12)21-22-18(23)29-11-16(26)20-19-10-13-9-14(24(27)28)7-8-15(13)25/h2-10,25H,11H2,1H3,(H,20,26)/p-1/b19-10-. The minimum Gasteiger partial charge on any atom is -0.872 e. The summed E-state index contributed by atoms with van der Waals surface area (Å²) in [4.78, 5) is 22.1. The molecule has 10 nitrogen and oxygen atoms in total. The third-order valence-electron chi connectivity index (χ3n) is 3.80. The molecule has 148 valence electrons. The van der Waals surface area contributed by atoms with Crippen molar-refractivity contribution in [1.82, 2.24) is 20.2 Å². The van der Waals surface area contributed by atoms with Crippen LogP contribution in [-0.4, -0.2) is 37.6 Å². The maximum absolute atomic E-state index is 12.0. The first-order chi connectivity index (χ1) is 14.0. The van der Waals surface area contributed by atoms with Gasteiger partial charge >= 0.3 is 0 Å². The molecule has 0 radical (unpaired) electrons. The molecule has 0 saturated carbocycles. The number of nitrogens with one attached hydrogen (secondary N) is 1. The lowest BCUT2D eigenvalue weighted by Crippen LogP contribution is -2.20. The largest absolute Gasteiger partial charge is 0.872 e. The van der Waals surface area contributed by atoms with Gasteiger partial charge in [0, 0.05) is 24.7 Å². The van der Waals surface area contributed by atoms with E-state index in [9.17, 15) is 20.0 Å². The highest BCUT2D eigenvalue weighted by atomic mass is 32.2. The van der Waals surface area contributed by atoms with Gasteiger partial charge in [0.05, 0.1) is 16.9 Å². The number of carbonyl (C=O) groups excluding carboxylic acids is 1. The van der Waals surface area contributed by atoms with Crippen LogP contribution in [0, 0.1) is 10.1 Å². The Kier molecular flexibility index (Phi) is 6.19. The fourth-order valence-corrected chi connectivity index (χ4v) is 3.07. The second kappa shape index (κ2) is 8.97. The normalized spacial score (nSPS) is 10.9. The van der Waals surface area contributed by atoms with Gasteiger partial charge in [-0.2, -0.15) is 5.10 Å². The Morgan fingerprint density at radius 3 is 2.76 bits per heavy atom. The van der Waals surface area contributed by atoms with Crippen molar-refractivity contribution in [2.45, 2.75) is 5.16 Å². The van der Waals surface area contributed by atoms with Gasteiger partial charge in [0.1, 0.15) is 0 Å². The van der Waals surface area contributed by atoms with Crippen LogP contribution in [0.25, 0.3) is 11.4 Å². The number of non-ortho nitro benzene ring substituents is 1. The van der Waals surface area contributed by atoms with E-state index >= 15 is 0 Å². The Morgan fingerprint density at radius 1 is 1.28 bits per heavy atom. The van der Waals surface area contributed by atoms with Gasteiger partial charge in [0.15, 0.2) is 11.0 Å². The topological polar surface area (TPSA) is 138 Å². The van der Waals surface area contributed by atoms with Gasteiger partial charge < -0.3 is 9.67 Å². The van der Waals surface area contributed by atoms with Gasteiger partial charge in [0.25, 0.3) is 11.6 Å². The quantitative estimate of drug-likeness (QED) is 0.270. The number of nitrogens with zero attached hydrogens (tertiary/aromatic N) is 5. The zero-order chi connectivity index (χ0) is 20.8. The average molecular weight is 411 g/mol. The number of rotatable bonds is 7. The van der Waals surface area contributed by atoms with Crippen LogP contribution in [0.15, 0.2) is 58.8 Å². The SMILES string of the molecule is Cn1c(SCC(=O)N/N=C\c2cc([N+](=O)[O-])ccc2[O-])nnc1-c1ccccc1. The van der Waals surface area contributed by atoms with E-state index in [-0.39, 0.29) is 17.0 Å². The number of amides is 1. The van der Waals surface area contributed by atoms with Gasteiger partial charge in [-0.15, -0.1) is 10.2 Å². The van der Waals surface area contributed by atoms with Crippen LogP contribution in [-0.2, 0) is 11.8 Å². The van der Waals surface area contributed by atoms with Crippen molar-refractivity contribution in [3.05, 3.63) is 64.2 Å². The predicted molar refractivity (Wildman–Crippen MR) is 105 cm³/mol. The molecule has 29 heavy (non-hydrogen) atoms. The van der Waals surface area contributed by atoms with E-state index in [0.717, 1.165) is 30.0 Å². The van der Waals surface area contributed by atoms with Crippen LogP contribution < -0.4 is 10.5 Å². The highest BCUT2D eigenvalue weighted by molar-refractivity contribution is 7.99. The monoisotopic (exact) mass is 411 g/mol. The maximum atomic E-state index is 12.0. The van der Waals surface area contributed by atoms with Gasteiger partial charge in [-0.25, -0.2) is 5.43 Å². The molecule has 0 fully saturated rings. The number of thioether (sulfide) groups is 1. The lowest BCUT2D eigenvalue weighted by atomic mass is 10.2. The molecule has 0 spiro atoms. The molecule has 1 amide bonds. The summed E-state index contributed by atoms with van der Waals surface area (Å²) < 4.78 is 1.78. The molecule has 11 heteroatoms. The zero-order valence-electron chi connectivity index (χ0n) is 15.2. The summed E-state index contributed by atoms with van der Waals surface area (Å²) in [6.07, 6.45) is 1.08. The van der Waals surface area contributed by atoms with Crippen molar-refractivity contribution in [2.75, 3.05) is 5.75 Å². The number of aromatic nitrogens is 3. The summed E-state index contributed by atoms with van der Waals surface area (Å²) in [6, 6.07) is 12.8. The Bertz CT molecular complexity index is 1070. The summed E-state index contributed by atoms with van der Waals surface area (Å²) in [6.45, 7) is 0. The third-order valence-corrected chi connectivity index (χ3v) is 4.82. The minimum absolute atomic E-state index is 0.00737. The number of hydrogen-bond donors (Lipinski definition) is 1. The molecule has 0 atom stereocenters. The van der Waals surface area contributed by atoms with E-state index in [0.29, 0.717) is 11.0 Å². The third kappa shape index (κ3) is 4.96. The van der Waals surface area contributed by atoms with Gasteiger partial charge in [-0.1, -0.05) is 53.9 Å². The first-order valence-corrected chi connectivity index (χ1v) is 9.29. The average Bonchev–Trinajstić information content (AvgIpc) is 3.08. The zero-order valence-corrected chi connectivity index (χ0v) is 16.0. The van der Waals surface area contributed by atoms with E-state index < -0.39 is 16.6 Å². The summed E-state index contributed by atoms with van der Waals surface area (Å²) >= 11 is 1.18. The molecule has 0 bridgehead atoms. The Labute approximate surface area is 169 Å². The van der Waals surface area contributed by atoms with E-state index in [1.807, 2.05) is 30.3 Å². The molecule has 0 aliphatic carbocycles. The fourth-order valence-electron chi connectivity index (χ4n) is 2.37. The van der Waals surface area contributed by atoms with Gasteiger partial charge in [0.2, 0.25) is 0 Å². The van der Waals surface area contributed by atoms with Crippen molar-refractivity contribution >= 4 is 29.6 Å². The van der Waals surface area contributed by atoms with Crippen LogP contribution in [0.5, 0.6) is 5.75 Å². The molecule has 1 aromatic heterocycles. The van der Waals surface area contributed by atoms with Gasteiger partial charge in [-0.3, -0.25) is 14.9 Å². The lowest BCUT2D eigenvalue weighted by Gasteiger charge is -2.08. The van der Waals surface area contributed by atoms with Crippen molar-refractivity contribution in [3.8, 4) is 17.1 Å². The molecule has 1 heterocycles. The molecule has 0 saturated heterocycles. The molecule has 2 aromatic carbocycles. The highest BCUT2D eigenvalue weighted by Gasteiger charge is 2.12. The smallest absolute Gasteiger partial charge is 0.270 e. The second-order valence-corrected chi connectivity index (χ2v) is 6.73. The van der Waals surface area contributed by atoms with Gasteiger partial charge in [-0.05, 0) is 5.56 Å². The number of carbonyl (C=O) groups is 1. The van der Waals surface area contributed by atoms with E-state index in [1.165, 1.54) is 11.8 Å². The molecular formula is C18H15N6O4S-. The van der Waals surface area contributed by atoms with E-state index in [1.54, 1.807) is 11.6 Å². The molecule has 3 rings (SSSR count). The lowest BCUT2D eigenvalue weighted by molar-refractivity contribution is -0.385.